The maximum Gasteiger partial charge on any atom is 0.349 e. The minimum Gasteiger partial charge on any atom is -0.478 e. The number of unbranched alkanes of at least 4 members (excludes halogenated alkanes) is 1. The number of ether oxygens (including phenoxy) is 1. The van der Waals surface area contributed by atoms with Gasteiger partial charge in [-0.1, -0.05) is 40.0 Å². The summed E-state index contributed by atoms with van der Waals surface area (Å²) < 4.78 is 5.71. The highest BCUT2D eigenvalue weighted by atomic mass is 16.6. The fraction of sp³-hybridized carbons (Fsp3) is 0.852. The molecule has 0 amide bonds. The third kappa shape index (κ3) is 8.05. The van der Waals surface area contributed by atoms with Crippen LogP contribution < -0.4 is 16.0 Å². The SMILES string of the molecule is CCCC[C@@H](NC)C(=O)C(CC(C)O)(C(=O)[C@H](NC)[C@H](C)CC)C(CC(C)O)(OC(=O)[C@@H](C)NC)C(=O)O. The number of carboxylic acids is 1. The molecule has 11 nitrogen and oxygen atoms in total. The number of aliphatic hydroxyl groups is 2. The highest BCUT2D eigenvalue weighted by Crippen LogP contribution is 2.47. The second-order valence-electron chi connectivity index (χ2n) is 10.4. The number of aliphatic hydroxyl groups excluding tert-OH is 2. The van der Waals surface area contributed by atoms with Gasteiger partial charge in [0.1, 0.15) is 11.5 Å². The van der Waals surface area contributed by atoms with Gasteiger partial charge in [-0.2, -0.15) is 0 Å². The number of ketones is 2. The fourth-order valence-corrected chi connectivity index (χ4v) is 5.03. The average Bonchev–Trinajstić information content (AvgIpc) is 2.85. The molecule has 0 aromatic carbocycles. The lowest BCUT2D eigenvalue weighted by Crippen LogP contribution is -2.71. The van der Waals surface area contributed by atoms with Crippen LogP contribution in [0.3, 0.4) is 0 Å². The number of hydrogen-bond donors (Lipinski definition) is 6. The van der Waals surface area contributed by atoms with Crippen LogP contribution in [0.2, 0.25) is 0 Å². The summed E-state index contributed by atoms with van der Waals surface area (Å²) in [6.07, 6.45) is -1.91. The van der Waals surface area contributed by atoms with Gasteiger partial charge in [-0.25, -0.2) is 4.79 Å². The quantitative estimate of drug-likeness (QED) is 0.0952. The van der Waals surface area contributed by atoms with Crippen LogP contribution >= 0.6 is 0 Å². The van der Waals surface area contributed by atoms with Crippen LogP contribution in [0.4, 0.5) is 0 Å². The molecule has 0 saturated carbocycles. The number of carbonyl (C=O) groups excluding carboxylic acids is 3. The predicted octanol–water partition coefficient (Wildman–Crippen LogP) is 1.04. The summed E-state index contributed by atoms with van der Waals surface area (Å²) >= 11 is 0. The molecule has 4 unspecified atom stereocenters. The average molecular weight is 546 g/mol. The topological polar surface area (TPSA) is 174 Å². The Kier molecular flexibility index (Phi) is 15.4. The smallest absolute Gasteiger partial charge is 0.349 e. The zero-order valence-corrected chi connectivity index (χ0v) is 24.6. The Labute approximate surface area is 227 Å². The Hall–Kier alpha value is -1.92. The first kappa shape index (κ1) is 36.1. The third-order valence-corrected chi connectivity index (χ3v) is 7.44. The van der Waals surface area contributed by atoms with Gasteiger partial charge in [0.2, 0.25) is 5.60 Å². The molecule has 0 bridgehead atoms. The zero-order valence-electron chi connectivity index (χ0n) is 24.6. The van der Waals surface area contributed by atoms with Crippen molar-refractivity contribution in [1.82, 2.24) is 16.0 Å². The van der Waals surface area contributed by atoms with E-state index in [2.05, 4.69) is 16.0 Å². The molecule has 0 radical (unpaired) electrons. The van der Waals surface area contributed by atoms with Crippen molar-refractivity contribution in [1.29, 1.82) is 0 Å². The number of carboxylic acid groups (broad SMARTS) is 1. The van der Waals surface area contributed by atoms with Crippen LogP contribution in [-0.2, 0) is 23.9 Å². The van der Waals surface area contributed by atoms with Crippen LogP contribution in [0.1, 0.15) is 80.1 Å². The van der Waals surface area contributed by atoms with Crippen molar-refractivity contribution in [2.45, 2.75) is 116 Å². The van der Waals surface area contributed by atoms with E-state index in [1.165, 1.54) is 41.9 Å². The van der Waals surface area contributed by atoms with Gasteiger partial charge >= 0.3 is 11.9 Å². The van der Waals surface area contributed by atoms with E-state index < -0.39 is 77.7 Å². The molecular formula is C27H51N3O8. The van der Waals surface area contributed by atoms with Crippen LogP contribution in [-0.4, -0.2) is 95.9 Å². The first-order valence-electron chi connectivity index (χ1n) is 13.6. The van der Waals surface area contributed by atoms with Gasteiger partial charge in [-0.15, -0.1) is 0 Å². The third-order valence-electron chi connectivity index (χ3n) is 7.44. The number of nitrogens with one attached hydrogen (secondary N) is 3. The van der Waals surface area contributed by atoms with E-state index in [4.69, 9.17) is 4.74 Å². The molecule has 0 rings (SSSR count). The molecule has 11 heteroatoms. The summed E-state index contributed by atoms with van der Waals surface area (Å²) in [5.74, 6) is -4.69. The normalized spacial score (nSPS) is 19.7. The summed E-state index contributed by atoms with van der Waals surface area (Å²) in [7, 11) is 4.54. The molecule has 0 saturated heterocycles. The predicted molar refractivity (Wildman–Crippen MR) is 145 cm³/mol. The van der Waals surface area contributed by atoms with Crippen molar-refractivity contribution < 1.29 is 39.2 Å². The molecule has 38 heavy (non-hydrogen) atoms. The van der Waals surface area contributed by atoms with Gasteiger partial charge in [0, 0.05) is 6.42 Å². The van der Waals surface area contributed by atoms with Gasteiger partial charge in [-0.3, -0.25) is 14.4 Å². The molecular weight excluding hydrogens is 494 g/mol. The minimum absolute atomic E-state index is 0.291. The summed E-state index contributed by atoms with van der Waals surface area (Å²) in [4.78, 5) is 55.7. The lowest BCUT2D eigenvalue weighted by molar-refractivity contribution is -0.209. The van der Waals surface area contributed by atoms with E-state index in [9.17, 15) is 34.5 Å². The maximum atomic E-state index is 14.6. The number of Topliss-reactive ketones (excluding diaryl/α,β-unsaturated/α-hetero) is 2. The fourth-order valence-electron chi connectivity index (χ4n) is 5.03. The lowest BCUT2D eigenvalue weighted by atomic mass is 9.57. The minimum atomic E-state index is -2.81. The Morgan fingerprint density at radius 2 is 1.39 bits per heavy atom. The number of aliphatic carboxylic acids is 1. The van der Waals surface area contributed by atoms with Crippen molar-refractivity contribution in [3.63, 3.8) is 0 Å². The summed E-state index contributed by atoms with van der Waals surface area (Å²) in [6.45, 7) is 9.67. The second-order valence-corrected chi connectivity index (χ2v) is 10.4. The van der Waals surface area contributed by atoms with Crippen molar-refractivity contribution >= 4 is 23.5 Å². The van der Waals surface area contributed by atoms with E-state index in [1.807, 2.05) is 13.8 Å². The van der Waals surface area contributed by atoms with Crippen LogP contribution in [0.15, 0.2) is 0 Å². The van der Waals surface area contributed by atoms with Crippen molar-refractivity contribution in [2.24, 2.45) is 11.3 Å². The molecule has 0 aromatic heterocycles. The lowest BCUT2D eigenvalue weighted by Gasteiger charge is -2.49. The molecule has 8 atom stereocenters. The van der Waals surface area contributed by atoms with Gasteiger partial charge in [-0.05, 0) is 60.7 Å². The molecule has 222 valence electrons. The van der Waals surface area contributed by atoms with Crippen molar-refractivity contribution in [3.8, 4) is 0 Å². The Bertz CT molecular complexity index is 790. The van der Waals surface area contributed by atoms with Gasteiger partial charge < -0.3 is 36.0 Å². The van der Waals surface area contributed by atoms with E-state index in [0.29, 0.717) is 19.3 Å². The van der Waals surface area contributed by atoms with Crippen LogP contribution in [0, 0.1) is 11.3 Å². The first-order valence-corrected chi connectivity index (χ1v) is 13.6. The largest absolute Gasteiger partial charge is 0.478 e. The van der Waals surface area contributed by atoms with Gasteiger partial charge in [0.05, 0.1) is 24.3 Å². The number of likely N-dealkylation sites (N-methyl/N-ethyl adjacent to an activating group) is 3. The van der Waals surface area contributed by atoms with Crippen LogP contribution in [0.25, 0.3) is 0 Å². The maximum absolute atomic E-state index is 14.6. The van der Waals surface area contributed by atoms with E-state index >= 15 is 0 Å². The molecule has 0 fully saturated rings. The molecule has 0 aromatic rings. The summed E-state index contributed by atoms with van der Waals surface area (Å²) in [5, 5.41) is 40.5. The monoisotopic (exact) mass is 545 g/mol. The van der Waals surface area contributed by atoms with E-state index in [-0.39, 0.29) is 5.92 Å². The number of rotatable bonds is 20. The molecule has 0 aliphatic rings. The number of carbonyl (C=O) groups is 4. The highest BCUT2D eigenvalue weighted by Gasteiger charge is 2.70. The Morgan fingerprint density at radius 3 is 1.76 bits per heavy atom. The first-order chi connectivity index (χ1) is 17.7. The second kappa shape index (κ2) is 16.2. The zero-order chi connectivity index (χ0) is 29.8. The molecule has 6 N–H and O–H groups in total. The van der Waals surface area contributed by atoms with Gasteiger partial charge in [0.15, 0.2) is 11.6 Å². The Balaban J connectivity index is 7.92. The summed E-state index contributed by atoms with van der Waals surface area (Å²) in [5.41, 5.74) is -5.34. The molecule has 0 aliphatic heterocycles. The van der Waals surface area contributed by atoms with Crippen molar-refractivity contribution in [2.75, 3.05) is 21.1 Å². The number of hydrogen-bond acceptors (Lipinski definition) is 10. The Morgan fingerprint density at radius 1 is 0.842 bits per heavy atom. The van der Waals surface area contributed by atoms with Gasteiger partial charge in [0.25, 0.3) is 0 Å². The highest BCUT2D eigenvalue weighted by molar-refractivity contribution is 6.16. The summed E-state index contributed by atoms with van der Waals surface area (Å²) in [6, 6.07) is -2.95. The van der Waals surface area contributed by atoms with Crippen molar-refractivity contribution in [3.05, 3.63) is 0 Å². The van der Waals surface area contributed by atoms with Crippen LogP contribution in [0.5, 0.6) is 0 Å². The number of esters is 1. The molecule has 0 heterocycles. The van der Waals surface area contributed by atoms with E-state index in [0.717, 1.165) is 6.42 Å². The molecule has 0 aliphatic carbocycles. The standard InChI is InChI=1S/C27H51N3O8/c1-10-12-13-20(29-8)22(33)26(14-17(4)31,23(34)21(30-9)16(3)11-2)27(25(36)37,15-18(5)32)38-24(35)19(6)28-7/h16-21,28-32H,10-15H2,1-9H3,(H,36,37)/t16-,17?,18?,19-,20-,21-,26?,27?/m1/s1. The van der Waals surface area contributed by atoms with E-state index in [1.54, 1.807) is 6.92 Å². The molecule has 0 spiro atoms.